The Labute approximate surface area is 167 Å². The van der Waals surface area contributed by atoms with Crippen LogP contribution in [-0.2, 0) is 10.0 Å². The lowest BCUT2D eigenvalue weighted by molar-refractivity contribution is 0.0928. The molecule has 150 valence electrons. The Morgan fingerprint density at radius 1 is 0.964 bits per heavy atom. The number of hydrogen-bond acceptors (Lipinski definition) is 3. The van der Waals surface area contributed by atoms with E-state index in [1.54, 1.807) is 38.1 Å². The molecule has 0 aromatic heterocycles. The van der Waals surface area contributed by atoms with Gasteiger partial charge in [0, 0.05) is 6.04 Å². The van der Waals surface area contributed by atoms with Gasteiger partial charge in [0.05, 0.1) is 16.1 Å². The first kappa shape index (κ1) is 20.4. The van der Waals surface area contributed by atoms with Crippen LogP contribution in [0.3, 0.4) is 0 Å². The van der Waals surface area contributed by atoms with Crippen molar-refractivity contribution in [3.8, 4) is 0 Å². The molecule has 2 aromatic rings. The minimum absolute atomic E-state index is 0.160. The summed E-state index contributed by atoms with van der Waals surface area (Å²) < 4.78 is 28.8. The molecular weight excluding hydrogens is 372 g/mol. The van der Waals surface area contributed by atoms with Gasteiger partial charge in [-0.15, -0.1) is 0 Å². The summed E-state index contributed by atoms with van der Waals surface area (Å²) in [6.07, 6.45) is 5.39. The first-order chi connectivity index (χ1) is 13.3. The Hall–Kier alpha value is -2.34. The number of nitrogens with one attached hydrogen (secondary N) is 2. The summed E-state index contributed by atoms with van der Waals surface area (Å²) in [4.78, 5) is 13.1. The van der Waals surface area contributed by atoms with Crippen LogP contribution in [0.1, 0.15) is 59.2 Å². The van der Waals surface area contributed by atoms with Crippen LogP contribution in [0, 0.1) is 20.8 Å². The maximum Gasteiger partial charge on any atom is 0.262 e. The predicted octanol–water partition coefficient (Wildman–Crippen LogP) is 4.48. The van der Waals surface area contributed by atoms with Gasteiger partial charge >= 0.3 is 0 Å². The Kier molecular flexibility index (Phi) is 6.08. The molecule has 0 spiro atoms. The second kappa shape index (κ2) is 8.35. The van der Waals surface area contributed by atoms with Crippen LogP contribution in [-0.4, -0.2) is 20.4 Å². The highest BCUT2D eigenvalue weighted by Crippen LogP contribution is 2.26. The highest BCUT2D eigenvalue weighted by atomic mass is 32.2. The van der Waals surface area contributed by atoms with Crippen molar-refractivity contribution in [2.75, 3.05) is 4.72 Å². The van der Waals surface area contributed by atoms with Crippen molar-refractivity contribution in [1.82, 2.24) is 5.32 Å². The lowest BCUT2D eigenvalue weighted by Gasteiger charge is -2.23. The van der Waals surface area contributed by atoms with Crippen LogP contribution in [0.4, 0.5) is 5.69 Å². The fraction of sp³-hybridized carbons (Fsp3) is 0.409. The number of aryl methyl sites for hydroxylation is 3. The number of carbonyl (C=O) groups is 1. The van der Waals surface area contributed by atoms with Gasteiger partial charge in [-0.2, -0.15) is 0 Å². The van der Waals surface area contributed by atoms with Gasteiger partial charge in [0.2, 0.25) is 0 Å². The van der Waals surface area contributed by atoms with Crippen molar-refractivity contribution >= 4 is 21.6 Å². The lowest BCUT2D eigenvalue weighted by Crippen LogP contribution is -2.36. The van der Waals surface area contributed by atoms with Crippen LogP contribution in [0.25, 0.3) is 0 Å². The summed E-state index contributed by atoms with van der Waals surface area (Å²) in [5.41, 5.74) is 3.04. The van der Waals surface area contributed by atoms with E-state index in [1.807, 2.05) is 19.1 Å². The van der Waals surface area contributed by atoms with E-state index < -0.39 is 10.0 Å². The van der Waals surface area contributed by atoms with Crippen LogP contribution >= 0.6 is 0 Å². The second-order valence-electron chi connectivity index (χ2n) is 7.69. The normalized spacial score (nSPS) is 15.2. The van der Waals surface area contributed by atoms with E-state index in [0.717, 1.165) is 31.2 Å². The maximum atomic E-state index is 13.1. The predicted molar refractivity (Wildman–Crippen MR) is 112 cm³/mol. The highest BCUT2D eigenvalue weighted by molar-refractivity contribution is 7.92. The van der Waals surface area contributed by atoms with Crippen molar-refractivity contribution in [3.05, 3.63) is 58.7 Å². The minimum atomic E-state index is -3.81. The summed E-state index contributed by atoms with van der Waals surface area (Å²) >= 11 is 0. The van der Waals surface area contributed by atoms with Gasteiger partial charge in [-0.3, -0.25) is 9.52 Å². The van der Waals surface area contributed by atoms with Gasteiger partial charge in [0.1, 0.15) is 0 Å². The molecule has 0 radical (unpaired) electrons. The van der Waals surface area contributed by atoms with E-state index >= 15 is 0 Å². The van der Waals surface area contributed by atoms with Crippen LogP contribution < -0.4 is 10.0 Å². The van der Waals surface area contributed by atoms with E-state index in [0.29, 0.717) is 22.4 Å². The number of anilines is 1. The molecule has 1 saturated carbocycles. The Balaban J connectivity index is 1.88. The van der Waals surface area contributed by atoms with Crippen LogP contribution in [0.2, 0.25) is 0 Å². The molecule has 1 amide bonds. The third kappa shape index (κ3) is 4.55. The number of benzene rings is 2. The monoisotopic (exact) mass is 400 g/mol. The Morgan fingerprint density at radius 3 is 2.21 bits per heavy atom. The van der Waals surface area contributed by atoms with Crippen LogP contribution in [0.5, 0.6) is 0 Å². The summed E-state index contributed by atoms with van der Waals surface area (Å²) in [7, 11) is -3.81. The second-order valence-corrected chi connectivity index (χ2v) is 9.31. The number of sulfonamides is 1. The van der Waals surface area contributed by atoms with Crippen LogP contribution in [0.15, 0.2) is 41.3 Å². The standard InChI is InChI=1S/C22H28N2O3S/c1-15-13-16(2)21(17(3)14-15)28(26,27)24-20-12-8-7-11-19(20)22(25)23-18-9-5-4-6-10-18/h7-8,11-14,18,24H,4-6,9-10H2,1-3H3,(H,23,25). The fourth-order valence-corrected chi connectivity index (χ4v) is 5.60. The molecule has 0 bridgehead atoms. The Morgan fingerprint density at radius 2 is 1.57 bits per heavy atom. The largest absolute Gasteiger partial charge is 0.349 e. The molecule has 2 N–H and O–H groups in total. The number of amides is 1. The molecule has 2 aromatic carbocycles. The molecule has 0 saturated heterocycles. The van der Waals surface area contributed by atoms with Crippen molar-refractivity contribution in [2.24, 2.45) is 0 Å². The van der Waals surface area contributed by atoms with E-state index in [2.05, 4.69) is 10.0 Å². The maximum absolute atomic E-state index is 13.1. The van der Waals surface area contributed by atoms with Gasteiger partial charge in [0.25, 0.3) is 15.9 Å². The van der Waals surface area contributed by atoms with E-state index in [9.17, 15) is 13.2 Å². The molecule has 1 aliphatic carbocycles. The third-order valence-corrected chi connectivity index (χ3v) is 6.90. The third-order valence-electron chi connectivity index (χ3n) is 5.23. The molecule has 28 heavy (non-hydrogen) atoms. The molecule has 1 fully saturated rings. The van der Waals surface area contributed by atoms with Gasteiger partial charge in [0.15, 0.2) is 0 Å². The van der Waals surface area contributed by atoms with Crippen molar-refractivity contribution in [3.63, 3.8) is 0 Å². The summed E-state index contributed by atoms with van der Waals surface area (Å²) in [5, 5.41) is 3.06. The summed E-state index contributed by atoms with van der Waals surface area (Å²) in [6.45, 7) is 5.52. The van der Waals surface area contributed by atoms with Crippen molar-refractivity contribution in [2.45, 2.75) is 63.8 Å². The summed E-state index contributed by atoms with van der Waals surface area (Å²) in [6, 6.07) is 10.6. The molecule has 3 rings (SSSR count). The Bertz CT molecular complexity index is 954. The van der Waals surface area contributed by atoms with E-state index in [4.69, 9.17) is 0 Å². The van der Waals surface area contributed by atoms with E-state index in [1.165, 1.54) is 6.42 Å². The SMILES string of the molecule is Cc1cc(C)c(S(=O)(=O)Nc2ccccc2C(=O)NC2CCCCC2)c(C)c1. The molecular formula is C22H28N2O3S. The summed E-state index contributed by atoms with van der Waals surface area (Å²) in [5.74, 6) is -0.234. The molecule has 0 heterocycles. The minimum Gasteiger partial charge on any atom is -0.349 e. The molecule has 0 unspecified atom stereocenters. The highest BCUT2D eigenvalue weighted by Gasteiger charge is 2.23. The first-order valence-electron chi connectivity index (χ1n) is 9.78. The van der Waals surface area contributed by atoms with Crippen molar-refractivity contribution < 1.29 is 13.2 Å². The number of carbonyl (C=O) groups excluding carboxylic acids is 1. The number of hydrogen-bond donors (Lipinski definition) is 2. The van der Waals surface area contributed by atoms with Gasteiger partial charge < -0.3 is 5.32 Å². The lowest BCUT2D eigenvalue weighted by atomic mass is 9.95. The first-order valence-corrected chi connectivity index (χ1v) is 11.3. The zero-order valence-corrected chi connectivity index (χ0v) is 17.5. The average molecular weight is 401 g/mol. The quantitative estimate of drug-likeness (QED) is 0.777. The molecule has 5 nitrogen and oxygen atoms in total. The molecule has 0 atom stereocenters. The number of para-hydroxylation sites is 1. The smallest absolute Gasteiger partial charge is 0.262 e. The topological polar surface area (TPSA) is 75.3 Å². The average Bonchev–Trinajstić information content (AvgIpc) is 2.61. The zero-order chi connectivity index (χ0) is 20.3. The number of rotatable bonds is 5. The van der Waals surface area contributed by atoms with Gasteiger partial charge in [-0.25, -0.2) is 8.42 Å². The zero-order valence-electron chi connectivity index (χ0n) is 16.7. The van der Waals surface area contributed by atoms with E-state index in [-0.39, 0.29) is 16.8 Å². The molecule has 6 heteroatoms. The fourth-order valence-electron chi connectivity index (χ4n) is 4.07. The van der Waals surface area contributed by atoms with Crippen molar-refractivity contribution in [1.29, 1.82) is 0 Å². The molecule has 0 aliphatic heterocycles. The van der Waals surface area contributed by atoms with Gasteiger partial charge in [-0.05, 0) is 56.9 Å². The van der Waals surface area contributed by atoms with Gasteiger partial charge in [-0.1, -0.05) is 49.1 Å². The molecule has 1 aliphatic rings.